The van der Waals surface area contributed by atoms with E-state index in [-0.39, 0.29) is 22.8 Å². The van der Waals surface area contributed by atoms with Gasteiger partial charge in [0, 0.05) is 11.4 Å². The van der Waals surface area contributed by atoms with Crippen LogP contribution >= 0.6 is 0 Å². The van der Waals surface area contributed by atoms with Crippen LogP contribution in [0.15, 0.2) is 52.4 Å². The molecule has 0 amide bonds. The molecule has 0 bridgehead atoms. The van der Waals surface area contributed by atoms with Crippen LogP contribution in [0.5, 0.6) is 0 Å². The fourth-order valence-corrected chi connectivity index (χ4v) is 3.12. The molecule has 1 N–H and O–H groups in total. The first-order valence-corrected chi connectivity index (χ1v) is 8.08. The SMILES string of the molecule is COC(=O)C1=C(O)/C(=C\c2cc(C)n(-c3ccccc3F)c2C)N=C1C. The van der Waals surface area contributed by atoms with Gasteiger partial charge in [-0.2, -0.15) is 0 Å². The quantitative estimate of drug-likeness (QED) is 0.847. The molecule has 0 spiro atoms. The average Bonchev–Trinajstić information content (AvgIpc) is 3.04. The number of aliphatic hydroxyl groups excluding tert-OH is 1. The van der Waals surface area contributed by atoms with Gasteiger partial charge < -0.3 is 14.4 Å². The first kappa shape index (κ1) is 17.7. The number of ether oxygens (including phenoxy) is 1. The summed E-state index contributed by atoms with van der Waals surface area (Å²) in [7, 11) is 1.25. The Bertz CT molecular complexity index is 996. The normalized spacial score (nSPS) is 15.6. The molecule has 26 heavy (non-hydrogen) atoms. The lowest BCUT2D eigenvalue weighted by molar-refractivity contribution is -0.135. The van der Waals surface area contributed by atoms with Crippen LogP contribution in [0.3, 0.4) is 0 Å². The lowest BCUT2D eigenvalue weighted by atomic mass is 10.1. The number of para-hydroxylation sites is 1. The number of nitrogens with zero attached hydrogens (tertiary/aromatic N) is 2. The lowest BCUT2D eigenvalue weighted by Gasteiger charge is -2.10. The van der Waals surface area contributed by atoms with Crippen LogP contribution in [0.2, 0.25) is 0 Å². The van der Waals surface area contributed by atoms with E-state index in [4.69, 9.17) is 0 Å². The number of esters is 1. The zero-order chi connectivity index (χ0) is 19.0. The molecule has 6 heteroatoms. The highest BCUT2D eigenvalue weighted by Crippen LogP contribution is 2.29. The topological polar surface area (TPSA) is 63.8 Å². The number of hydrogen-bond donors (Lipinski definition) is 1. The number of aryl methyl sites for hydroxylation is 1. The summed E-state index contributed by atoms with van der Waals surface area (Å²) in [5, 5.41) is 10.3. The van der Waals surface area contributed by atoms with Crippen LogP contribution in [-0.4, -0.2) is 28.5 Å². The summed E-state index contributed by atoms with van der Waals surface area (Å²) < 4.78 is 20.7. The number of halogens is 1. The van der Waals surface area contributed by atoms with Gasteiger partial charge in [-0.1, -0.05) is 12.1 Å². The Balaban J connectivity index is 2.10. The van der Waals surface area contributed by atoms with Crippen molar-refractivity contribution < 1.29 is 19.0 Å². The molecule has 0 unspecified atom stereocenters. The fraction of sp³-hybridized carbons (Fsp3) is 0.200. The first-order chi connectivity index (χ1) is 12.3. The second-order valence-corrected chi connectivity index (χ2v) is 6.06. The molecule has 134 valence electrons. The van der Waals surface area contributed by atoms with E-state index in [0.717, 1.165) is 17.0 Å². The van der Waals surface area contributed by atoms with Crippen molar-refractivity contribution >= 4 is 17.8 Å². The molecule has 2 heterocycles. The Morgan fingerprint density at radius 3 is 2.62 bits per heavy atom. The highest BCUT2D eigenvalue weighted by Gasteiger charge is 2.27. The van der Waals surface area contributed by atoms with Gasteiger partial charge in [-0.3, -0.25) is 0 Å². The van der Waals surface area contributed by atoms with E-state index >= 15 is 0 Å². The maximum atomic E-state index is 14.2. The number of aliphatic imine (C=N–C) groups is 1. The zero-order valence-corrected chi connectivity index (χ0v) is 15.0. The molecular weight excluding hydrogens is 335 g/mol. The highest BCUT2D eigenvalue weighted by atomic mass is 19.1. The summed E-state index contributed by atoms with van der Waals surface area (Å²) >= 11 is 0. The highest BCUT2D eigenvalue weighted by molar-refractivity contribution is 6.22. The van der Waals surface area contributed by atoms with E-state index in [0.29, 0.717) is 11.4 Å². The number of carbonyl (C=O) groups excluding carboxylic acids is 1. The number of aliphatic hydroxyl groups is 1. The molecule has 0 radical (unpaired) electrons. The summed E-state index contributed by atoms with van der Waals surface area (Å²) in [6, 6.07) is 8.41. The Morgan fingerprint density at radius 1 is 1.27 bits per heavy atom. The number of aromatic nitrogens is 1. The van der Waals surface area contributed by atoms with Gasteiger partial charge in [0.1, 0.15) is 17.1 Å². The number of methoxy groups -OCH3 is 1. The lowest BCUT2D eigenvalue weighted by Crippen LogP contribution is -2.11. The maximum Gasteiger partial charge on any atom is 0.343 e. The summed E-state index contributed by atoms with van der Waals surface area (Å²) in [6.07, 6.45) is 1.68. The van der Waals surface area contributed by atoms with Crippen LogP contribution in [0, 0.1) is 19.7 Å². The Kier molecular flexibility index (Phi) is 4.50. The summed E-state index contributed by atoms with van der Waals surface area (Å²) in [6.45, 7) is 5.37. The van der Waals surface area contributed by atoms with Crippen LogP contribution in [0.25, 0.3) is 11.8 Å². The third-order valence-electron chi connectivity index (χ3n) is 4.37. The first-order valence-electron chi connectivity index (χ1n) is 8.08. The van der Waals surface area contributed by atoms with Gasteiger partial charge in [0.15, 0.2) is 5.76 Å². The smallest absolute Gasteiger partial charge is 0.343 e. The van der Waals surface area contributed by atoms with Crippen molar-refractivity contribution in [3.05, 3.63) is 70.1 Å². The maximum absolute atomic E-state index is 14.2. The minimum Gasteiger partial charge on any atom is -0.505 e. The molecular formula is C20H19FN2O3. The summed E-state index contributed by atoms with van der Waals surface area (Å²) in [4.78, 5) is 16.0. The standard InChI is InChI=1S/C20H19FN2O3/c1-11-9-14(13(3)23(11)17-8-6-5-7-15(17)21)10-16-19(24)18(12(2)22-16)20(25)26-4/h5-10,24H,1-4H3/b16-10+. The van der Waals surface area contributed by atoms with Gasteiger partial charge in [-0.15, -0.1) is 0 Å². The van der Waals surface area contributed by atoms with Gasteiger partial charge >= 0.3 is 5.97 Å². The molecule has 2 aromatic rings. The average molecular weight is 354 g/mol. The molecule has 3 rings (SSSR count). The van der Waals surface area contributed by atoms with Crippen molar-refractivity contribution in [3.8, 4) is 5.69 Å². The zero-order valence-electron chi connectivity index (χ0n) is 15.0. The number of carbonyl (C=O) groups is 1. The van der Waals surface area contributed by atoms with E-state index in [1.807, 2.05) is 19.9 Å². The van der Waals surface area contributed by atoms with Crippen molar-refractivity contribution in [1.29, 1.82) is 0 Å². The molecule has 0 aliphatic carbocycles. The third-order valence-corrected chi connectivity index (χ3v) is 4.37. The van der Waals surface area contributed by atoms with E-state index in [9.17, 15) is 14.3 Å². The van der Waals surface area contributed by atoms with Gasteiger partial charge in [-0.05, 0) is 50.6 Å². The summed E-state index contributed by atoms with van der Waals surface area (Å²) in [5.41, 5.74) is 3.59. The van der Waals surface area contributed by atoms with Crippen LogP contribution < -0.4 is 0 Å². The van der Waals surface area contributed by atoms with Crippen molar-refractivity contribution in [2.45, 2.75) is 20.8 Å². The summed E-state index contributed by atoms with van der Waals surface area (Å²) in [5.74, 6) is -1.17. The van der Waals surface area contributed by atoms with Crippen LogP contribution in [0.1, 0.15) is 23.9 Å². The van der Waals surface area contributed by atoms with Crippen molar-refractivity contribution in [2.24, 2.45) is 4.99 Å². The van der Waals surface area contributed by atoms with Gasteiger partial charge in [-0.25, -0.2) is 14.2 Å². The Labute approximate surface area is 150 Å². The Morgan fingerprint density at radius 2 is 1.96 bits per heavy atom. The molecule has 1 aromatic carbocycles. The van der Waals surface area contributed by atoms with Gasteiger partial charge in [0.25, 0.3) is 0 Å². The van der Waals surface area contributed by atoms with Crippen LogP contribution in [0.4, 0.5) is 4.39 Å². The minimum absolute atomic E-state index is 0.0571. The second-order valence-electron chi connectivity index (χ2n) is 6.06. The molecule has 1 aliphatic rings. The second kappa shape index (κ2) is 6.63. The molecule has 5 nitrogen and oxygen atoms in total. The largest absolute Gasteiger partial charge is 0.505 e. The van der Waals surface area contributed by atoms with Crippen molar-refractivity contribution in [2.75, 3.05) is 7.11 Å². The monoisotopic (exact) mass is 354 g/mol. The Hall–Kier alpha value is -3.15. The van der Waals surface area contributed by atoms with Crippen LogP contribution in [-0.2, 0) is 9.53 Å². The van der Waals surface area contributed by atoms with E-state index in [1.54, 1.807) is 35.8 Å². The van der Waals surface area contributed by atoms with E-state index in [1.165, 1.54) is 13.2 Å². The van der Waals surface area contributed by atoms with E-state index < -0.39 is 5.97 Å². The molecule has 0 atom stereocenters. The molecule has 0 saturated heterocycles. The molecule has 1 aromatic heterocycles. The predicted octanol–water partition coefficient (Wildman–Crippen LogP) is 4.03. The van der Waals surface area contributed by atoms with E-state index in [2.05, 4.69) is 9.73 Å². The third kappa shape index (κ3) is 2.83. The molecule has 0 saturated carbocycles. The minimum atomic E-state index is -0.635. The number of rotatable bonds is 3. The molecule has 1 aliphatic heterocycles. The van der Waals surface area contributed by atoms with Crippen molar-refractivity contribution in [3.63, 3.8) is 0 Å². The van der Waals surface area contributed by atoms with Crippen molar-refractivity contribution in [1.82, 2.24) is 4.57 Å². The molecule has 0 fully saturated rings. The fourth-order valence-electron chi connectivity index (χ4n) is 3.12. The predicted molar refractivity (Wildman–Crippen MR) is 98.0 cm³/mol. The van der Waals surface area contributed by atoms with Gasteiger partial charge in [0.05, 0.1) is 18.5 Å². The number of benzene rings is 1. The number of hydrogen-bond acceptors (Lipinski definition) is 4. The van der Waals surface area contributed by atoms with Gasteiger partial charge in [0.2, 0.25) is 0 Å².